The van der Waals surface area contributed by atoms with Gasteiger partial charge in [0.1, 0.15) is 23.9 Å². The van der Waals surface area contributed by atoms with Gasteiger partial charge >= 0.3 is 22.2 Å². The van der Waals surface area contributed by atoms with E-state index in [0.717, 1.165) is 27.8 Å². The SMILES string of the molecule is O=C(CC(CNC(=O)OCC1c2ccccc2-c2ccccc21)c1ccc(OS(=O)(=O)c2ccccc2)cc1)OCc1ccccc1. The Morgan fingerprint density at radius 2 is 1.26 bits per heavy atom. The Labute approximate surface area is 274 Å². The molecule has 8 nitrogen and oxygen atoms in total. The fourth-order valence-corrected chi connectivity index (χ4v) is 6.67. The van der Waals surface area contributed by atoms with Crippen molar-refractivity contribution in [2.75, 3.05) is 13.2 Å². The molecule has 0 fully saturated rings. The molecule has 0 radical (unpaired) electrons. The fourth-order valence-electron chi connectivity index (χ4n) is 5.72. The number of alkyl carbamates (subject to hydrolysis) is 1. The second-order valence-electron chi connectivity index (χ2n) is 11.2. The van der Waals surface area contributed by atoms with Crippen molar-refractivity contribution >= 4 is 22.2 Å². The van der Waals surface area contributed by atoms with Crippen molar-refractivity contribution in [1.82, 2.24) is 5.32 Å². The molecule has 1 N–H and O–H groups in total. The number of fused-ring (bicyclic) bond motifs is 3. The highest BCUT2D eigenvalue weighted by molar-refractivity contribution is 7.87. The summed E-state index contributed by atoms with van der Waals surface area (Å²) in [7, 11) is -4.02. The van der Waals surface area contributed by atoms with E-state index >= 15 is 0 Å². The molecular weight excluding hydrogens is 614 g/mol. The van der Waals surface area contributed by atoms with E-state index in [1.54, 1.807) is 30.3 Å². The maximum atomic E-state index is 13.0. The molecule has 238 valence electrons. The highest BCUT2D eigenvalue weighted by Gasteiger charge is 2.29. The van der Waals surface area contributed by atoms with Gasteiger partial charge in [-0.1, -0.05) is 109 Å². The van der Waals surface area contributed by atoms with E-state index in [2.05, 4.69) is 29.6 Å². The molecule has 0 saturated heterocycles. The highest BCUT2D eigenvalue weighted by atomic mass is 32.2. The lowest BCUT2D eigenvalue weighted by Crippen LogP contribution is -2.31. The third-order valence-corrected chi connectivity index (χ3v) is 9.34. The summed E-state index contributed by atoms with van der Waals surface area (Å²) in [4.78, 5) is 25.9. The van der Waals surface area contributed by atoms with E-state index in [0.29, 0.717) is 5.56 Å². The van der Waals surface area contributed by atoms with Gasteiger partial charge in [-0.3, -0.25) is 4.79 Å². The summed E-state index contributed by atoms with van der Waals surface area (Å²) >= 11 is 0. The summed E-state index contributed by atoms with van der Waals surface area (Å²) < 4.78 is 41.9. The van der Waals surface area contributed by atoms with E-state index in [-0.39, 0.29) is 42.7 Å². The number of esters is 1. The average Bonchev–Trinajstić information content (AvgIpc) is 3.43. The Balaban J connectivity index is 1.12. The number of carbonyl (C=O) groups excluding carboxylic acids is 2. The Morgan fingerprint density at radius 1 is 0.681 bits per heavy atom. The second kappa shape index (κ2) is 14.3. The van der Waals surface area contributed by atoms with Gasteiger partial charge in [-0.25, -0.2) is 4.79 Å². The van der Waals surface area contributed by atoms with Crippen LogP contribution in [0, 0.1) is 0 Å². The number of carbonyl (C=O) groups is 2. The van der Waals surface area contributed by atoms with Crippen LogP contribution in [0.1, 0.15) is 40.5 Å². The molecule has 0 spiro atoms. The predicted octanol–water partition coefficient (Wildman–Crippen LogP) is 7.21. The molecule has 0 heterocycles. The molecule has 0 aliphatic heterocycles. The number of hydrogen-bond donors (Lipinski definition) is 1. The van der Waals surface area contributed by atoms with Gasteiger partial charge in [0.05, 0.1) is 6.42 Å². The molecule has 47 heavy (non-hydrogen) atoms. The van der Waals surface area contributed by atoms with Crippen LogP contribution in [-0.4, -0.2) is 33.6 Å². The Bertz CT molecular complexity index is 1900. The van der Waals surface area contributed by atoms with E-state index < -0.39 is 28.1 Å². The van der Waals surface area contributed by atoms with Crippen molar-refractivity contribution < 1.29 is 31.7 Å². The number of rotatable bonds is 12. The fraction of sp³-hybridized carbons (Fsp3) is 0.158. The topological polar surface area (TPSA) is 108 Å². The number of ether oxygens (including phenoxy) is 2. The van der Waals surface area contributed by atoms with Crippen LogP contribution < -0.4 is 9.50 Å². The quantitative estimate of drug-likeness (QED) is 0.113. The van der Waals surface area contributed by atoms with Crippen LogP contribution in [0.15, 0.2) is 138 Å². The normalized spacial score (nSPS) is 12.8. The summed E-state index contributed by atoms with van der Waals surface area (Å²) in [6, 6.07) is 39.8. The van der Waals surface area contributed by atoms with Gasteiger partial charge in [-0.2, -0.15) is 8.42 Å². The van der Waals surface area contributed by atoms with Gasteiger partial charge < -0.3 is 19.0 Å². The van der Waals surface area contributed by atoms with Gasteiger partial charge in [-0.15, -0.1) is 0 Å². The first-order valence-corrected chi connectivity index (χ1v) is 16.7. The van der Waals surface area contributed by atoms with Crippen molar-refractivity contribution in [3.05, 3.63) is 156 Å². The monoisotopic (exact) mass is 647 g/mol. The van der Waals surface area contributed by atoms with Gasteiger partial charge in [0, 0.05) is 18.4 Å². The van der Waals surface area contributed by atoms with Crippen LogP contribution in [0.5, 0.6) is 5.75 Å². The van der Waals surface area contributed by atoms with E-state index in [1.165, 1.54) is 24.3 Å². The summed E-state index contributed by atoms with van der Waals surface area (Å²) in [6.07, 6.45) is -0.637. The van der Waals surface area contributed by atoms with Crippen LogP contribution in [0.25, 0.3) is 11.1 Å². The highest BCUT2D eigenvalue weighted by Crippen LogP contribution is 2.44. The lowest BCUT2D eigenvalue weighted by Gasteiger charge is -2.19. The van der Waals surface area contributed by atoms with Crippen LogP contribution in [0.2, 0.25) is 0 Å². The molecule has 1 unspecified atom stereocenters. The van der Waals surface area contributed by atoms with Gasteiger partial charge in [0.25, 0.3) is 0 Å². The minimum absolute atomic E-state index is 0.0288. The molecule has 6 rings (SSSR count). The molecule has 5 aromatic rings. The summed E-state index contributed by atoms with van der Waals surface area (Å²) in [5, 5.41) is 2.81. The number of amides is 1. The third kappa shape index (κ3) is 7.70. The lowest BCUT2D eigenvalue weighted by molar-refractivity contribution is -0.145. The number of hydrogen-bond acceptors (Lipinski definition) is 7. The maximum absolute atomic E-state index is 13.0. The predicted molar refractivity (Wildman–Crippen MR) is 177 cm³/mol. The minimum Gasteiger partial charge on any atom is -0.461 e. The molecule has 0 saturated carbocycles. The Hall–Kier alpha value is -5.41. The first-order chi connectivity index (χ1) is 22.9. The molecule has 0 bridgehead atoms. The summed E-state index contributed by atoms with van der Waals surface area (Å²) in [6.45, 7) is 0.363. The Morgan fingerprint density at radius 3 is 1.89 bits per heavy atom. The van der Waals surface area contributed by atoms with Gasteiger partial charge in [-0.05, 0) is 57.6 Å². The van der Waals surface area contributed by atoms with Gasteiger partial charge in [0.2, 0.25) is 0 Å². The second-order valence-corrected chi connectivity index (χ2v) is 12.7. The molecule has 0 aromatic heterocycles. The largest absolute Gasteiger partial charge is 0.461 e. The van der Waals surface area contributed by atoms with Crippen LogP contribution in [0.3, 0.4) is 0 Å². The molecule has 1 atom stereocenters. The minimum atomic E-state index is -4.02. The maximum Gasteiger partial charge on any atom is 0.407 e. The zero-order valence-corrected chi connectivity index (χ0v) is 26.3. The summed E-state index contributed by atoms with van der Waals surface area (Å²) in [5.74, 6) is -0.900. The average molecular weight is 648 g/mol. The van der Waals surface area contributed by atoms with Crippen LogP contribution in [-0.2, 0) is 31.0 Å². The molecule has 1 aliphatic carbocycles. The van der Waals surface area contributed by atoms with Crippen molar-refractivity contribution in [2.45, 2.75) is 29.8 Å². The summed E-state index contributed by atoms with van der Waals surface area (Å²) in [5.41, 5.74) is 6.03. The zero-order valence-electron chi connectivity index (χ0n) is 25.5. The Kier molecular flexibility index (Phi) is 9.64. The van der Waals surface area contributed by atoms with Crippen molar-refractivity contribution in [2.24, 2.45) is 0 Å². The first kappa shape index (κ1) is 31.6. The van der Waals surface area contributed by atoms with Crippen LogP contribution >= 0.6 is 0 Å². The first-order valence-electron chi connectivity index (χ1n) is 15.3. The van der Waals surface area contributed by atoms with Crippen molar-refractivity contribution in [1.29, 1.82) is 0 Å². The van der Waals surface area contributed by atoms with Crippen molar-refractivity contribution in [3.8, 4) is 16.9 Å². The molecule has 9 heteroatoms. The molecule has 1 amide bonds. The number of benzene rings is 5. The smallest absolute Gasteiger partial charge is 0.407 e. The molecular formula is C38H33NO7S. The van der Waals surface area contributed by atoms with Crippen molar-refractivity contribution in [3.63, 3.8) is 0 Å². The third-order valence-electron chi connectivity index (χ3n) is 8.08. The van der Waals surface area contributed by atoms with E-state index in [9.17, 15) is 18.0 Å². The zero-order chi connectivity index (χ0) is 32.6. The number of nitrogens with one attached hydrogen (secondary N) is 1. The van der Waals surface area contributed by atoms with Gasteiger partial charge in [0.15, 0.2) is 0 Å². The molecule has 5 aromatic carbocycles. The van der Waals surface area contributed by atoms with E-state index in [4.69, 9.17) is 13.7 Å². The standard InChI is InChI=1S/C38H33NO7S/c40-37(44-25-27-11-3-1-4-12-27)23-29(28-19-21-30(22-20-28)46-47(42,43)31-13-5-2-6-14-31)24-39-38(41)45-26-36-34-17-9-7-15-32(34)33-16-8-10-18-35(33)36/h1-22,29,36H,23-26H2,(H,39,41). The molecule has 1 aliphatic rings. The lowest BCUT2D eigenvalue weighted by atomic mass is 9.95. The van der Waals surface area contributed by atoms with E-state index in [1.807, 2.05) is 54.6 Å². The van der Waals surface area contributed by atoms with Crippen LogP contribution in [0.4, 0.5) is 4.79 Å².